The van der Waals surface area contributed by atoms with Crippen molar-refractivity contribution in [3.8, 4) is 0 Å². The van der Waals surface area contributed by atoms with E-state index in [9.17, 15) is 13.2 Å². The fraction of sp³-hybridized carbons (Fsp3) is 0.222. The minimum Gasteiger partial charge on any atom is -0.397 e. The number of hydrogen-bond donors (Lipinski definition) is 2. The van der Waals surface area contributed by atoms with Crippen molar-refractivity contribution in [3.05, 3.63) is 46.5 Å². The van der Waals surface area contributed by atoms with E-state index in [1.54, 1.807) is 12.1 Å². The highest BCUT2D eigenvalue weighted by molar-refractivity contribution is 7.89. The van der Waals surface area contributed by atoms with E-state index in [2.05, 4.69) is 10.3 Å². The van der Waals surface area contributed by atoms with Crippen LogP contribution >= 0.6 is 11.3 Å². The Kier molecular flexibility index (Phi) is 4.94. The number of nitrogen functional groups attached to an aromatic ring is 1. The van der Waals surface area contributed by atoms with Crippen LogP contribution in [0.4, 0.5) is 11.4 Å². The lowest BCUT2D eigenvalue weighted by atomic mass is 10.1. The third-order valence-corrected chi connectivity index (χ3v) is 7.05. The number of carbonyl (C=O) groups is 1. The molecule has 3 N–H and O–H groups in total. The van der Waals surface area contributed by atoms with Gasteiger partial charge in [-0.05, 0) is 49.7 Å². The van der Waals surface area contributed by atoms with Gasteiger partial charge in [0.25, 0.3) is 5.91 Å². The Balaban J connectivity index is 1.89. The quantitative estimate of drug-likeness (QED) is 0.695. The van der Waals surface area contributed by atoms with Crippen molar-refractivity contribution in [2.75, 3.05) is 25.1 Å². The number of aromatic nitrogens is 1. The van der Waals surface area contributed by atoms with Crippen LogP contribution in [-0.2, 0) is 10.0 Å². The second-order valence-corrected chi connectivity index (χ2v) is 9.52. The van der Waals surface area contributed by atoms with Crippen LogP contribution in [0.15, 0.2) is 35.2 Å². The molecule has 0 saturated carbocycles. The molecule has 3 rings (SSSR count). The van der Waals surface area contributed by atoms with Crippen molar-refractivity contribution < 1.29 is 13.2 Å². The molecule has 0 bridgehead atoms. The fourth-order valence-corrected chi connectivity index (χ4v) is 4.76. The number of rotatable bonds is 4. The third kappa shape index (κ3) is 3.53. The van der Waals surface area contributed by atoms with Crippen molar-refractivity contribution in [2.45, 2.75) is 18.7 Å². The van der Waals surface area contributed by atoms with Crippen molar-refractivity contribution in [1.82, 2.24) is 9.29 Å². The molecule has 0 aliphatic heterocycles. The number of fused-ring (bicyclic) bond motifs is 1. The summed E-state index contributed by atoms with van der Waals surface area (Å²) >= 11 is 1.24. The normalized spacial score (nSPS) is 11.9. The molecule has 27 heavy (non-hydrogen) atoms. The molecule has 0 saturated heterocycles. The number of nitrogens with zero attached hydrogens (tertiary/aromatic N) is 2. The molecular formula is C18H20N4O3S2. The highest BCUT2D eigenvalue weighted by Gasteiger charge is 2.20. The smallest absolute Gasteiger partial charge is 0.267 e. The summed E-state index contributed by atoms with van der Waals surface area (Å²) in [5.41, 5.74) is 8.91. The third-order valence-electron chi connectivity index (χ3n) is 4.12. The second kappa shape index (κ2) is 6.91. The maximum atomic E-state index is 12.7. The molecule has 0 aliphatic carbocycles. The molecule has 9 heteroatoms. The molecule has 2 heterocycles. The standard InChI is InChI=1S/C18H20N4O3S2/c1-10-9-11(2)20-18-14(10)15(19)16(26-18)17(23)21-12-5-7-13(8-6-12)27(24,25)22(3)4/h5-9H,19H2,1-4H3,(H,21,23). The number of anilines is 2. The van der Waals surface area contributed by atoms with Crippen molar-refractivity contribution in [1.29, 1.82) is 0 Å². The van der Waals surface area contributed by atoms with Gasteiger partial charge in [-0.2, -0.15) is 0 Å². The van der Waals surface area contributed by atoms with Gasteiger partial charge in [-0.1, -0.05) is 0 Å². The van der Waals surface area contributed by atoms with Crippen LogP contribution in [0.3, 0.4) is 0 Å². The van der Waals surface area contributed by atoms with Gasteiger partial charge in [0.2, 0.25) is 10.0 Å². The number of sulfonamides is 1. The zero-order valence-corrected chi connectivity index (χ0v) is 17.0. The van der Waals surface area contributed by atoms with Gasteiger partial charge < -0.3 is 11.1 Å². The van der Waals surface area contributed by atoms with Crippen molar-refractivity contribution in [3.63, 3.8) is 0 Å². The largest absolute Gasteiger partial charge is 0.397 e. The molecule has 7 nitrogen and oxygen atoms in total. The molecule has 0 radical (unpaired) electrons. The Bertz CT molecular complexity index is 1130. The lowest BCUT2D eigenvalue weighted by Crippen LogP contribution is -2.22. The number of carbonyl (C=O) groups excluding carboxylic acids is 1. The number of pyridine rings is 1. The predicted octanol–water partition coefficient (Wildman–Crippen LogP) is 3.00. The highest BCUT2D eigenvalue weighted by atomic mass is 32.2. The Morgan fingerprint density at radius 2 is 1.81 bits per heavy atom. The Morgan fingerprint density at radius 1 is 1.19 bits per heavy atom. The topological polar surface area (TPSA) is 105 Å². The van der Waals surface area contributed by atoms with Gasteiger partial charge in [0.1, 0.15) is 9.71 Å². The van der Waals surface area contributed by atoms with Gasteiger partial charge in [-0.25, -0.2) is 17.7 Å². The zero-order valence-electron chi connectivity index (χ0n) is 15.4. The number of nitrogens with one attached hydrogen (secondary N) is 1. The lowest BCUT2D eigenvalue weighted by Gasteiger charge is -2.12. The molecule has 3 aromatic rings. The molecule has 0 fully saturated rings. The minimum absolute atomic E-state index is 0.155. The highest BCUT2D eigenvalue weighted by Crippen LogP contribution is 2.35. The van der Waals surface area contributed by atoms with Gasteiger partial charge in [0.05, 0.1) is 10.6 Å². The Labute approximate surface area is 161 Å². The Hall–Kier alpha value is -2.49. The molecular weight excluding hydrogens is 384 g/mol. The Morgan fingerprint density at radius 3 is 2.41 bits per heavy atom. The lowest BCUT2D eigenvalue weighted by molar-refractivity contribution is 0.103. The summed E-state index contributed by atoms with van der Waals surface area (Å²) in [5.74, 6) is -0.351. The SMILES string of the molecule is Cc1cc(C)c2c(N)c(C(=O)Nc3ccc(S(=O)(=O)N(C)C)cc3)sc2n1. The van der Waals surface area contributed by atoms with E-state index in [0.717, 1.165) is 25.8 Å². The van der Waals surface area contributed by atoms with E-state index in [1.165, 1.54) is 37.6 Å². The maximum Gasteiger partial charge on any atom is 0.267 e. The van der Waals surface area contributed by atoms with Crippen LogP contribution in [-0.4, -0.2) is 37.7 Å². The van der Waals surface area contributed by atoms with Gasteiger partial charge >= 0.3 is 0 Å². The monoisotopic (exact) mass is 404 g/mol. The number of thiophene rings is 1. The van der Waals surface area contributed by atoms with Gasteiger partial charge in [0.15, 0.2) is 0 Å². The van der Waals surface area contributed by atoms with E-state index in [4.69, 9.17) is 5.73 Å². The first-order valence-electron chi connectivity index (χ1n) is 8.11. The van der Waals surface area contributed by atoms with E-state index in [-0.39, 0.29) is 10.8 Å². The summed E-state index contributed by atoms with van der Waals surface area (Å²) in [6, 6.07) is 7.93. The molecule has 1 amide bonds. The second-order valence-electron chi connectivity index (χ2n) is 6.37. The zero-order chi connectivity index (χ0) is 19.9. The van der Waals surface area contributed by atoms with Crippen LogP contribution in [0.2, 0.25) is 0 Å². The summed E-state index contributed by atoms with van der Waals surface area (Å²) in [6.45, 7) is 3.83. The first-order valence-corrected chi connectivity index (χ1v) is 10.4. The molecule has 2 aromatic heterocycles. The number of nitrogens with two attached hydrogens (primary N) is 1. The van der Waals surface area contributed by atoms with Gasteiger partial charge in [-0.15, -0.1) is 11.3 Å². The molecule has 0 spiro atoms. The predicted molar refractivity (Wildman–Crippen MR) is 109 cm³/mol. The number of aryl methyl sites for hydroxylation is 2. The van der Waals surface area contributed by atoms with E-state index in [0.29, 0.717) is 16.3 Å². The van der Waals surface area contributed by atoms with Crippen LogP contribution in [0.25, 0.3) is 10.2 Å². The summed E-state index contributed by atoms with van der Waals surface area (Å²) in [4.78, 5) is 18.4. The van der Waals surface area contributed by atoms with Gasteiger partial charge in [0, 0.05) is 30.9 Å². The van der Waals surface area contributed by atoms with E-state index < -0.39 is 10.0 Å². The summed E-state index contributed by atoms with van der Waals surface area (Å²) < 4.78 is 25.3. The first kappa shape index (κ1) is 19.3. The molecule has 1 aromatic carbocycles. The number of benzene rings is 1. The summed E-state index contributed by atoms with van der Waals surface area (Å²) in [5, 5.41) is 3.55. The van der Waals surface area contributed by atoms with Crippen molar-refractivity contribution >= 4 is 48.9 Å². The van der Waals surface area contributed by atoms with E-state index in [1.807, 2.05) is 19.9 Å². The molecule has 0 atom stereocenters. The average molecular weight is 405 g/mol. The first-order chi connectivity index (χ1) is 12.6. The minimum atomic E-state index is -3.51. The van der Waals surface area contributed by atoms with E-state index >= 15 is 0 Å². The van der Waals surface area contributed by atoms with Crippen LogP contribution in [0.1, 0.15) is 20.9 Å². The maximum absolute atomic E-state index is 12.7. The summed E-state index contributed by atoms with van der Waals surface area (Å²) in [7, 11) is -0.582. The average Bonchev–Trinajstić information content (AvgIpc) is 2.92. The van der Waals surface area contributed by atoms with Crippen molar-refractivity contribution in [2.24, 2.45) is 0 Å². The number of hydrogen-bond acceptors (Lipinski definition) is 6. The van der Waals surface area contributed by atoms with Crippen LogP contribution in [0, 0.1) is 13.8 Å². The number of amides is 1. The summed E-state index contributed by atoms with van der Waals surface area (Å²) in [6.07, 6.45) is 0. The molecule has 0 aliphatic rings. The van der Waals surface area contributed by atoms with Gasteiger partial charge in [-0.3, -0.25) is 4.79 Å². The molecule has 142 valence electrons. The van der Waals surface area contributed by atoms with Crippen LogP contribution < -0.4 is 11.1 Å². The molecule has 0 unspecified atom stereocenters. The van der Waals surface area contributed by atoms with Crippen LogP contribution in [0.5, 0.6) is 0 Å². The fourth-order valence-electron chi connectivity index (χ4n) is 2.75.